The van der Waals surface area contributed by atoms with Crippen LogP contribution in [0, 0.1) is 0 Å². The van der Waals surface area contributed by atoms with Crippen LogP contribution in [-0.2, 0) is 19.1 Å². The first kappa shape index (κ1) is 49.9. The molecule has 2 N–H and O–H groups in total. The molecule has 0 fully saturated rings. The van der Waals surface area contributed by atoms with E-state index in [1.807, 2.05) is 16.8 Å². The minimum atomic E-state index is -0.142. The van der Waals surface area contributed by atoms with Gasteiger partial charge in [-0.3, -0.25) is 14.5 Å². The highest BCUT2D eigenvalue weighted by atomic mass is 16.5. The Kier molecular flexibility index (Phi) is 47.2. The lowest BCUT2D eigenvalue weighted by atomic mass is 10.0. The number of likely N-dealkylation sites (N-methyl/N-ethyl adjacent to an activating group) is 1. The number of hydrogen-bond donors (Lipinski definition) is 2. The van der Waals surface area contributed by atoms with Crippen LogP contribution in [0.1, 0.15) is 181 Å². The minimum Gasteiger partial charge on any atom is -0.464 e. The standard InChI is InChI=1S/C36H72N2O4.C2H4O.CH4O/c1-4-6-8-10-12-14-16-17-19-21-23-25-27-29-38(35(40)34-37(3)30-32-39)31-33-42-36(41)28-26-24-22-20-18-15-13-11-9-7-5-2;1-2-3;1-2/h39H,4-34H2,1-3H3;2H,1H3;2H,1H3. The molecular weight excluding hydrogens is 592 g/mol. The monoisotopic (exact) mass is 673 g/mol. The van der Waals surface area contributed by atoms with Crippen LogP contribution in [0.5, 0.6) is 0 Å². The number of carbonyl (C=O) groups excluding carboxylic acids is 3. The van der Waals surface area contributed by atoms with Crippen molar-refractivity contribution in [3.63, 3.8) is 0 Å². The second kappa shape index (κ2) is 44.5. The SMILES string of the molecule is CC=O.CCCCCCCCCCCCCCCN(CCOC(=O)CCCCCCCCCCCCC)C(=O)CN(C)CCO.CO. The summed E-state index contributed by atoms with van der Waals surface area (Å²) < 4.78 is 5.50. The van der Waals surface area contributed by atoms with Gasteiger partial charge in [0.1, 0.15) is 12.9 Å². The van der Waals surface area contributed by atoms with Gasteiger partial charge in [0, 0.05) is 26.6 Å². The Balaban J connectivity index is -0.00000364. The van der Waals surface area contributed by atoms with Crippen LogP contribution < -0.4 is 0 Å². The van der Waals surface area contributed by atoms with Gasteiger partial charge in [-0.25, -0.2) is 0 Å². The number of aliphatic hydroxyl groups is 2. The van der Waals surface area contributed by atoms with Crippen molar-refractivity contribution < 1.29 is 29.3 Å². The van der Waals surface area contributed by atoms with Crippen molar-refractivity contribution in [1.29, 1.82) is 0 Å². The van der Waals surface area contributed by atoms with Gasteiger partial charge in [0.05, 0.1) is 19.7 Å². The molecule has 0 saturated heterocycles. The van der Waals surface area contributed by atoms with Crippen LogP contribution in [-0.4, -0.2) is 91.7 Å². The molecule has 0 spiro atoms. The van der Waals surface area contributed by atoms with Crippen LogP contribution in [0.4, 0.5) is 0 Å². The fourth-order valence-electron chi connectivity index (χ4n) is 5.54. The Hall–Kier alpha value is -1.51. The quantitative estimate of drug-likeness (QED) is 0.0407. The summed E-state index contributed by atoms with van der Waals surface area (Å²) in [5.74, 6) is -0.0945. The van der Waals surface area contributed by atoms with E-state index >= 15 is 0 Å². The van der Waals surface area contributed by atoms with Gasteiger partial charge in [0.25, 0.3) is 0 Å². The second-order valence-corrected chi connectivity index (χ2v) is 12.8. The number of nitrogens with zero attached hydrogens (tertiary/aromatic N) is 2. The molecule has 0 saturated carbocycles. The maximum absolute atomic E-state index is 12.9. The molecule has 0 aliphatic heterocycles. The number of rotatable bonds is 33. The normalized spacial score (nSPS) is 10.6. The van der Waals surface area contributed by atoms with E-state index in [9.17, 15) is 14.7 Å². The molecule has 0 aromatic heterocycles. The van der Waals surface area contributed by atoms with E-state index in [2.05, 4.69) is 13.8 Å². The van der Waals surface area contributed by atoms with E-state index < -0.39 is 0 Å². The molecule has 0 rings (SSSR count). The maximum atomic E-state index is 12.9. The Morgan fingerprint density at radius 3 is 1.34 bits per heavy atom. The molecule has 0 aromatic carbocycles. The first-order valence-electron chi connectivity index (χ1n) is 19.5. The number of aliphatic hydroxyl groups excluding tert-OH is 2. The fraction of sp³-hybridized carbons (Fsp3) is 0.923. The summed E-state index contributed by atoms with van der Waals surface area (Å²) in [6, 6.07) is 0. The van der Waals surface area contributed by atoms with Crippen molar-refractivity contribution in [3.05, 3.63) is 0 Å². The molecule has 0 aromatic rings. The highest BCUT2D eigenvalue weighted by Gasteiger charge is 2.16. The summed E-state index contributed by atoms with van der Waals surface area (Å²) in [7, 11) is 2.85. The third kappa shape index (κ3) is 42.5. The topological polar surface area (TPSA) is 107 Å². The zero-order chi connectivity index (χ0) is 35.6. The number of unbranched alkanes of at least 4 members (excludes halogenated alkanes) is 22. The van der Waals surface area contributed by atoms with Gasteiger partial charge in [-0.15, -0.1) is 0 Å². The van der Waals surface area contributed by atoms with Gasteiger partial charge in [0.2, 0.25) is 5.91 Å². The Bertz CT molecular complexity index is 635. The number of esters is 1. The van der Waals surface area contributed by atoms with Crippen molar-refractivity contribution in [1.82, 2.24) is 9.80 Å². The number of aldehydes is 1. The molecule has 0 bridgehead atoms. The van der Waals surface area contributed by atoms with Crippen LogP contribution in [0.15, 0.2) is 0 Å². The lowest BCUT2D eigenvalue weighted by Crippen LogP contribution is -2.42. The first-order chi connectivity index (χ1) is 23.0. The summed E-state index contributed by atoms with van der Waals surface area (Å²) >= 11 is 0. The number of amides is 1. The van der Waals surface area contributed by atoms with Crippen LogP contribution in [0.25, 0.3) is 0 Å². The third-order valence-corrected chi connectivity index (χ3v) is 8.38. The van der Waals surface area contributed by atoms with Gasteiger partial charge in [-0.2, -0.15) is 0 Å². The zero-order valence-electron chi connectivity index (χ0n) is 31.9. The van der Waals surface area contributed by atoms with Gasteiger partial charge < -0.3 is 24.6 Å². The largest absolute Gasteiger partial charge is 0.464 e. The van der Waals surface area contributed by atoms with E-state index in [-0.39, 0.29) is 31.6 Å². The second-order valence-electron chi connectivity index (χ2n) is 12.8. The summed E-state index contributed by atoms with van der Waals surface area (Å²) in [5, 5.41) is 16.2. The summed E-state index contributed by atoms with van der Waals surface area (Å²) in [5.41, 5.74) is 0. The van der Waals surface area contributed by atoms with Crippen LogP contribution in [0.3, 0.4) is 0 Å². The van der Waals surface area contributed by atoms with E-state index in [0.29, 0.717) is 26.1 Å². The molecule has 0 aliphatic carbocycles. The average molecular weight is 673 g/mol. The highest BCUT2D eigenvalue weighted by Crippen LogP contribution is 2.14. The predicted molar refractivity (Wildman–Crippen MR) is 199 cm³/mol. The van der Waals surface area contributed by atoms with Gasteiger partial charge in [-0.1, -0.05) is 155 Å². The van der Waals surface area contributed by atoms with E-state index in [1.54, 1.807) is 0 Å². The summed E-state index contributed by atoms with van der Waals surface area (Å²) in [4.78, 5) is 37.6. The Labute approximate surface area is 291 Å². The lowest BCUT2D eigenvalue weighted by Gasteiger charge is -2.25. The van der Waals surface area contributed by atoms with Crippen molar-refractivity contribution in [2.75, 3.05) is 53.6 Å². The molecule has 8 nitrogen and oxygen atoms in total. The van der Waals surface area contributed by atoms with E-state index in [0.717, 1.165) is 39.1 Å². The smallest absolute Gasteiger partial charge is 0.305 e. The van der Waals surface area contributed by atoms with Gasteiger partial charge in [0.15, 0.2) is 0 Å². The molecule has 0 aliphatic rings. The summed E-state index contributed by atoms with van der Waals surface area (Å²) in [6.45, 7) is 8.20. The van der Waals surface area contributed by atoms with E-state index in [1.165, 1.54) is 135 Å². The number of carbonyl (C=O) groups is 3. The third-order valence-electron chi connectivity index (χ3n) is 8.38. The van der Waals surface area contributed by atoms with Crippen molar-refractivity contribution in [2.24, 2.45) is 0 Å². The summed E-state index contributed by atoms with van der Waals surface area (Å²) in [6.07, 6.45) is 32.0. The van der Waals surface area contributed by atoms with Crippen molar-refractivity contribution in [2.45, 2.75) is 181 Å². The van der Waals surface area contributed by atoms with Crippen molar-refractivity contribution in [3.8, 4) is 0 Å². The molecule has 282 valence electrons. The van der Waals surface area contributed by atoms with Gasteiger partial charge >= 0.3 is 5.97 Å². The van der Waals surface area contributed by atoms with Crippen LogP contribution in [0.2, 0.25) is 0 Å². The minimum absolute atomic E-state index is 0.0410. The molecule has 0 atom stereocenters. The molecule has 0 heterocycles. The lowest BCUT2D eigenvalue weighted by molar-refractivity contribution is -0.146. The molecule has 0 radical (unpaired) electrons. The van der Waals surface area contributed by atoms with Gasteiger partial charge in [-0.05, 0) is 26.8 Å². The Morgan fingerprint density at radius 2 is 0.957 bits per heavy atom. The maximum Gasteiger partial charge on any atom is 0.305 e. The first-order valence-corrected chi connectivity index (χ1v) is 19.5. The van der Waals surface area contributed by atoms with Crippen LogP contribution >= 0.6 is 0 Å². The molecule has 47 heavy (non-hydrogen) atoms. The van der Waals surface area contributed by atoms with E-state index in [4.69, 9.17) is 14.6 Å². The van der Waals surface area contributed by atoms with Crippen molar-refractivity contribution >= 4 is 18.2 Å². The Morgan fingerprint density at radius 1 is 0.596 bits per heavy atom. The number of ether oxygens (including phenoxy) is 1. The molecule has 8 heteroatoms. The molecule has 0 unspecified atom stereocenters. The zero-order valence-corrected chi connectivity index (χ0v) is 31.9. The predicted octanol–water partition coefficient (Wildman–Crippen LogP) is 8.89. The average Bonchev–Trinajstić information content (AvgIpc) is 3.06. The number of hydrogen-bond acceptors (Lipinski definition) is 7. The highest BCUT2D eigenvalue weighted by molar-refractivity contribution is 5.78. The molecular formula is C39H80N2O6. The fourth-order valence-corrected chi connectivity index (χ4v) is 5.54. The molecule has 1 amide bonds.